The largest absolute Gasteiger partial charge is 0.190 e. The molecule has 0 unspecified atom stereocenters. The molecular formula is C6H9N3. The van der Waals surface area contributed by atoms with Gasteiger partial charge in [0, 0.05) is 11.9 Å². The van der Waals surface area contributed by atoms with Gasteiger partial charge in [-0.2, -0.15) is 10.6 Å². The highest BCUT2D eigenvalue weighted by Gasteiger charge is 2.01. The van der Waals surface area contributed by atoms with Crippen LogP contribution in [0.1, 0.15) is 13.8 Å². The molecule has 0 aromatic rings. The summed E-state index contributed by atoms with van der Waals surface area (Å²) in [7, 11) is 0. The summed E-state index contributed by atoms with van der Waals surface area (Å²) >= 11 is 0. The second-order valence-corrected chi connectivity index (χ2v) is 2.18. The molecule has 0 fully saturated rings. The average Bonchev–Trinajstić information content (AvgIpc) is 1.90. The zero-order valence-electron chi connectivity index (χ0n) is 5.55. The second kappa shape index (κ2) is 2.46. The van der Waals surface area contributed by atoms with Crippen molar-refractivity contribution in [2.75, 3.05) is 0 Å². The van der Waals surface area contributed by atoms with Crippen LogP contribution in [0.2, 0.25) is 0 Å². The number of hydrogen-bond acceptors (Lipinski definition) is 3. The monoisotopic (exact) mass is 123 g/mol. The highest BCUT2D eigenvalue weighted by molar-refractivity contribution is 6.02. The van der Waals surface area contributed by atoms with Crippen LogP contribution >= 0.6 is 0 Å². The Balaban J connectivity index is 2.72. The topological polar surface area (TPSA) is 36.8 Å². The first-order valence-corrected chi connectivity index (χ1v) is 2.92. The van der Waals surface area contributed by atoms with Crippen LogP contribution in [0.25, 0.3) is 0 Å². The SMILES string of the molecule is CC(C)C1=NNN=C=C1. The van der Waals surface area contributed by atoms with E-state index < -0.39 is 0 Å². The predicted octanol–water partition coefficient (Wildman–Crippen LogP) is 0.742. The van der Waals surface area contributed by atoms with E-state index in [9.17, 15) is 0 Å². The molecule has 9 heavy (non-hydrogen) atoms. The molecule has 1 aliphatic heterocycles. The zero-order valence-corrected chi connectivity index (χ0v) is 5.55. The van der Waals surface area contributed by atoms with Crippen LogP contribution in [0.5, 0.6) is 0 Å². The van der Waals surface area contributed by atoms with E-state index in [4.69, 9.17) is 0 Å². The molecule has 1 rings (SSSR count). The van der Waals surface area contributed by atoms with Crippen LogP contribution < -0.4 is 5.53 Å². The fraction of sp³-hybridized carbons (Fsp3) is 0.500. The third kappa shape index (κ3) is 1.40. The minimum Gasteiger partial charge on any atom is -0.190 e. The predicted molar refractivity (Wildman–Crippen MR) is 37.4 cm³/mol. The van der Waals surface area contributed by atoms with E-state index in [2.05, 4.69) is 35.5 Å². The van der Waals surface area contributed by atoms with Gasteiger partial charge in [-0.3, -0.25) is 0 Å². The van der Waals surface area contributed by atoms with Crippen molar-refractivity contribution in [3.8, 4) is 0 Å². The van der Waals surface area contributed by atoms with Crippen molar-refractivity contribution in [1.82, 2.24) is 5.53 Å². The molecule has 0 saturated carbocycles. The summed E-state index contributed by atoms with van der Waals surface area (Å²) in [6, 6.07) is 0. The van der Waals surface area contributed by atoms with Crippen LogP contribution in [0.15, 0.2) is 16.3 Å². The van der Waals surface area contributed by atoms with Crippen LogP contribution in [0.3, 0.4) is 0 Å². The molecule has 0 spiro atoms. The van der Waals surface area contributed by atoms with Gasteiger partial charge >= 0.3 is 0 Å². The first-order valence-electron chi connectivity index (χ1n) is 2.92. The molecule has 0 saturated heterocycles. The molecular weight excluding hydrogens is 114 g/mol. The average molecular weight is 123 g/mol. The zero-order chi connectivity index (χ0) is 6.69. The molecule has 0 aromatic carbocycles. The molecule has 1 heterocycles. The quantitative estimate of drug-likeness (QED) is 0.548. The fourth-order valence-electron chi connectivity index (χ4n) is 0.538. The molecule has 0 aromatic heterocycles. The third-order valence-corrected chi connectivity index (χ3v) is 1.10. The van der Waals surface area contributed by atoms with Gasteiger partial charge in [0.15, 0.2) is 0 Å². The first kappa shape index (κ1) is 6.05. The van der Waals surface area contributed by atoms with Gasteiger partial charge in [0.2, 0.25) is 0 Å². The summed E-state index contributed by atoms with van der Waals surface area (Å²) in [4.78, 5) is 0. The van der Waals surface area contributed by atoms with Crippen molar-refractivity contribution < 1.29 is 0 Å². The lowest BCUT2D eigenvalue weighted by Gasteiger charge is -2.03. The third-order valence-electron chi connectivity index (χ3n) is 1.10. The first-order chi connectivity index (χ1) is 4.30. The number of hydrogen-bond donors (Lipinski definition) is 1. The molecule has 0 amide bonds. The Bertz CT molecular complexity index is 184. The van der Waals surface area contributed by atoms with Crippen LogP contribution in [-0.2, 0) is 0 Å². The number of nitrogens with zero attached hydrogens (tertiary/aromatic N) is 2. The minimum absolute atomic E-state index is 0.445. The lowest BCUT2D eigenvalue weighted by atomic mass is 10.1. The Morgan fingerprint density at radius 1 is 1.67 bits per heavy atom. The van der Waals surface area contributed by atoms with Gasteiger partial charge in [0.25, 0.3) is 0 Å². The molecule has 3 nitrogen and oxygen atoms in total. The maximum Gasteiger partial charge on any atom is 0.0742 e. The summed E-state index contributed by atoms with van der Waals surface area (Å²) in [6.45, 7) is 4.15. The lowest BCUT2D eigenvalue weighted by molar-refractivity contribution is 0.777. The van der Waals surface area contributed by atoms with Crippen LogP contribution in [-0.4, -0.2) is 11.6 Å². The van der Waals surface area contributed by atoms with Crippen LogP contribution in [0, 0.1) is 5.92 Å². The number of nitrogens with one attached hydrogen (secondary N) is 1. The van der Waals surface area contributed by atoms with Gasteiger partial charge in [0.05, 0.1) is 5.71 Å². The normalized spacial score (nSPS) is 15.7. The summed E-state index contributed by atoms with van der Waals surface area (Å²) in [5, 5.41) is 7.48. The van der Waals surface area contributed by atoms with Gasteiger partial charge < -0.3 is 0 Å². The van der Waals surface area contributed by atoms with Gasteiger partial charge in [-0.1, -0.05) is 13.8 Å². The molecule has 0 bridgehead atoms. The van der Waals surface area contributed by atoms with Crippen molar-refractivity contribution in [3.05, 3.63) is 6.08 Å². The Labute approximate surface area is 54.1 Å². The molecule has 1 aliphatic rings. The van der Waals surface area contributed by atoms with Crippen LogP contribution in [0.4, 0.5) is 0 Å². The minimum atomic E-state index is 0.445. The number of allylic oxidation sites excluding steroid dienone is 1. The summed E-state index contributed by atoms with van der Waals surface area (Å²) in [5.41, 5.74) is 3.48. The second-order valence-electron chi connectivity index (χ2n) is 2.18. The Hall–Kier alpha value is -1.08. The van der Waals surface area contributed by atoms with Gasteiger partial charge in [-0.15, -0.1) is 5.10 Å². The van der Waals surface area contributed by atoms with E-state index in [1.54, 1.807) is 6.08 Å². The van der Waals surface area contributed by atoms with Crippen molar-refractivity contribution in [3.63, 3.8) is 0 Å². The van der Waals surface area contributed by atoms with Gasteiger partial charge in [0.1, 0.15) is 0 Å². The molecule has 0 aliphatic carbocycles. The van der Waals surface area contributed by atoms with E-state index in [-0.39, 0.29) is 0 Å². The lowest BCUT2D eigenvalue weighted by Crippen LogP contribution is -2.12. The summed E-state index contributed by atoms with van der Waals surface area (Å²) in [5.74, 6) is 3.12. The highest BCUT2D eigenvalue weighted by atomic mass is 15.5. The molecule has 3 heteroatoms. The number of rotatable bonds is 1. The maximum absolute atomic E-state index is 3.91. The van der Waals surface area contributed by atoms with E-state index >= 15 is 0 Å². The molecule has 0 atom stereocenters. The maximum atomic E-state index is 3.91. The van der Waals surface area contributed by atoms with Crippen molar-refractivity contribution >= 4 is 11.6 Å². The molecule has 1 N–H and O–H groups in total. The summed E-state index contributed by atoms with van der Waals surface area (Å²) < 4.78 is 0. The van der Waals surface area contributed by atoms with Gasteiger partial charge in [-0.25, -0.2) is 0 Å². The Morgan fingerprint density at radius 3 is 2.78 bits per heavy atom. The van der Waals surface area contributed by atoms with E-state index in [1.807, 2.05) is 0 Å². The number of hydrazone groups is 2. The molecule has 0 radical (unpaired) electrons. The molecule has 48 valence electrons. The van der Waals surface area contributed by atoms with Crippen molar-refractivity contribution in [2.45, 2.75) is 13.8 Å². The highest BCUT2D eigenvalue weighted by Crippen LogP contribution is 1.97. The standard InChI is InChI=1S/C6H9N3/c1-5(2)6-3-4-7-9-8-6/h3,5,9H,1-2H3. The smallest absolute Gasteiger partial charge is 0.0742 e. The Kier molecular flexibility index (Phi) is 1.66. The fourth-order valence-corrected chi connectivity index (χ4v) is 0.538. The van der Waals surface area contributed by atoms with E-state index in [1.165, 1.54) is 0 Å². The van der Waals surface area contributed by atoms with E-state index in [0.29, 0.717) is 5.92 Å². The van der Waals surface area contributed by atoms with Gasteiger partial charge in [-0.05, 0) is 5.92 Å². The van der Waals surface area contributed by atoms with E-state index in [0.717, 1.165) is 5.71 Å². The Morgan fingerprint density at radius 2 is 2.44 bits per heavy atom. The van der Waals surface area contributed by atoms with Crippen molar-refractivity contribution in [2.24, 2.45) is 16.1 Å². The van der Waals surface area contributed by atoms with Crippen molar-refractivity contribution in [1.29, 1.82) is 0 Å². The summed E-state index contributed by atoms with van der Waals surface area (Å²) in [6.07, 6.45) is 1.78.